The van der Waals surface area contributed by atoms with Crippen LogP contribution in [0.4, 0.5) is 0 Å². The van der Waals surface area contributed by atoms with E-state index in [0.29, 0.717) is 12.8 Å². The molecule has 0 aliphatic carbocycles. The van der Waals surface area contributed by atoms with Gasteiger partial charge in [0.05, 0.1) is 0 Å². The van der Waals surface area contributed by atoms with Crippen LogP contribution in [0.3, 0.4) is 0 Å². The van der Waals surface area contributed by atoms with E-state index in [1.165, 1.54) is 38.5 Å². The van der Waals surface area contributed by atoms with Crippen molar-refractivity contribution in [1.82, 2.24) is 0 Å². The Bertz CT molecular complexity index is 1380. The summed E-state index contributed by atoms with van der Waals surface area (Å²) in [6, 6.07) is 0. The number of ether oxygens (including phenoxy) is 3. The van der Waals surface area contributed by atoms with E-state index in [1.54, 1.807) is 0 Å². The molecule has 0 aliphatic heterocycles. The normalized spacial score (nSPS) is 13.3. The maximum atomic E-state index is 12.7. The molecule has 0 heterocycles. The van der Waals surface area contributed by atoms with Gasteiger partial charge in [-0.1, -0.05) is 199 Å². The molecule has 0 radical (unpaired) electrons. The van der Waals surface area contributed by atoms with E-state index >= 15 is 0 Å². The van der Waals surface area contributed by atoms with Crippen molar-refractivity contribution in [3.05, 3.63) is 134 Å². The summed E-state index contributed by atoms with van der Waals surface area (Å²) in [5.41, 5.74) is 0. The molecule has 0 aromatic rings. The zero-order chi connectivity index (χ0) is 44.4. The molecule has 0 spiro atoms. The summed E-state index contributed by atoms with van der Waals surface area (Å²) in [5, 5.41) is 0. The highest BCUT2D eigenvalue weighted by Gasteiger charge is 2.19. The summed E-state index contributed by atoms with van der Waals surface area (Å²) in [5.74, 6) is -1.06. The Kier molecular flexibility index (Phi) is 44.7. The van der Waals surface area contributed by atoms with Gasteiger partial charge in [0.2, 0.25) is 0 Å². The van der Waals surface area contributed by atoms with E-state index < -0.39 is 6.10 Å². The molecule has 1 atom stereocenters. The average molecular weight is 841 g/mol. The molecule has 0 amide bonds. The highest BCUT2D eigenvalue weighted by molar-refractivity contribution is 5.71. The molecule has 0 aliphatic rings. The first kappa shape index (κ1) is 56.5. The Morgan fingerprint density at radius 1 is 0.361 bits per heavy atom. The second-order valence-electron chi connectivity index (χ2n) is 15.1. The third-order valence-corrected chi connectivity index (χ3v) is 9.31. The Hall–Kier alpha value is -4.45. The Morgan fingerprint density at radius 3 is 1.28 bits per heavy atom. The second kappa shape index (κ2) is 48.2. The number of carbonyl (C=O) groups excluding carboxylic acids is 3. The number of carbonyl (C=O) groups is 3. The smallest absolute Gasteiger partial charge is 0.306 e. The molecule has 6 nitrogen and oxygen atoms in total. The minimum absolute atomic E-state index is 0.129. The first-order valence-electron chi connectivity index (χ1n) is 23.8. The summed E-state index contributed by atoms with van der Waals surface area (Å²) in [7, 11) is 0. The van der Waals surface area contributed by atoms with Crippen LogP contribution in [0.5, 0.6) is 0 Å². The van der Waals surface area contributed by atoms with Crippen LogP contribution in [-0.4, -0.2) is 37.2 Å². The van der Waals surface area contributed by atoms with E-state index in [2.05, 4.69) is 81.5 Å². The molecule has 6 heteroatoms. The standard InChI is InChI=1S/C55H84O6/c1-4-7-10-13-16-19-22-24-25-26-27-28-29-31-33-36-39-42-45-48-54(57)60-51-52(50-59-53(56)47-44-41-38-35-32-21-18-15-12-9-6-3)61-55(58)49-46-43-40-37-34-30-23-20-17-14-11-8-5-2/h7,9-10,12-13,16,18-19,21-22,24-31,33-35,38,52H,4-6,8,11,14-15,17,20,23,32,36-37,39-51H2,1-3H3/b10-7-,12-9-,16-13-,21-18-,22-19-,25-24-,27-26+,29-28-,33-31-,34-30-,38-35-. The number of rotatable bonds is 40. The van der Waals surface area contributed by atoms with Gasteiger partial charge < -0.3 is 14.2 Å². The fourth-order valence-electron chi connectivity index (χ4n) is 5.79. The highest BCUT2D eigenvalue weighted by Crippen LogP contribution is 2.11. The second-order valence-corrected chi connectivity index (χ2v) is 15.1. The number of esters is 3. The molecule has 61 heavy (non-hydrogen) atoms. The fraction of sp³-hybridized carbons (Fsp3) is 0.545. The van der Waals surface area contributed by atoms with Gasteiger partial charge in [-0.25, -0.2) is 0 Å². The number of hydrogen-bond acceptors (Lipinski definition) is 6. The number of allylic oxidation sites excluding steroid dienone is 22. The van der Waals surface area contributed by atoms with Crippen molar-refractivity contribution in [1.29, 1.82) is 0 Å². The van der Waals surface area contributed by atoms with Crippen molar-refractivity contribution in [2.75, 3.05) is 13.2 Å². The largest absolute Gasteiger partial charge is 0.462 e. The fourth-order valence-corrected chi connectivity index (χ4v) is 5.79. The molecule has 340 valence electrons. The van der Waals surface area contributed by atoms with Crippen LogP contribution in [-0.2, 0) is 28.6 Å². The molecule has 0 N–H and O–H groups in total. The number of unbranched alkanes of at least 4 members (excludes halogenated alkanes) is 13. The molecule has 0 rings (SSSR count). The molecule has 0 fully saturated rings. The Balaban J connectivity index is 4.58. The molecule has 1 unspecified atom stereocenters. The minimum atomic E-state index is -0.828. The van der Waals surface area contributed by atoms with Crippen molar-refractivity contribution in [2.24, 2.45) is 0 Å². The van der Waals surface area contributed by atoms with Crippen molar-refractivity contribution < 1.29 is 28.6 Å². The third kappa shape index (κ3) is 46.5. The lowest BCUT2D eigenvalue weighted by atomic mass is 10.1. The van der Waals surface area contributed by atoms with Gasteiger partial charge >= 0.3 is 17.9 Å². The molecule has 0 aromatic heterocycles. The van der Waals surface area contributed by atoms with Crippen LogP contribution in [0.1, 0.15) is 175 Å². The van der Waals surface area contributed by atoms with Gasteiger partial charge in [0, 0.05) is 19.3 Å². The SMILES string of the molecule is CC\C=C/C=C\C=C/C=C\C=C\C=C/C=C\CCCCCC(=O)OCC(COC(=O)CCC/C=C\C/C=C\C/C=C\CC)OC(=O)CCCCC/C=C\CCCCCCCC. The lowest BCUT2D eigenvalue weighted by Gasteiger charge is -2.18. The van der Waals surface area contributed by atoms with Crippen molar-refractivity contribution >= 4 is 17.9 Å². The van der Waals surface area contributed by atoms with Gasteiger partial charge in [-0.3, -0.25) is 14.4 Å². The van der Waals surface area contributed by atoms with E-state index in [0.717, 1.165) is 83.5 Å². The zero-order valence-electron chi connectivity index (χ0n) is 38.6. The van der Waals surface area contributed by atoms with Gasteiger partial charge in [0.1, 0.15) is 13.2 Å². The minimum Gasteiger partial charge on any atom is -0.462 e. The van der Waals surface area contributed by atoms with Gasteiger partial charge in [0.25, 0.3) is 0 Å². The predicted molar refractivity (Wildman–Crippen MR) is 260 cm³/mol. The van der Waals surface area contributed by atoms with E-state index in [-0.39, 0.29) is 50.4 Å². The lowest BCUT2D eigenvalue weighted by molar-refractivity contribution is -0.167. The van der Waals surface area contributed by atoms with Crippen molar-refractivity contribution in [3.63, 3.8) is 0 Å². The maximum Gasteiger partial charge on any atom is 0.306 e. The summed E-state index contributed by atoms with van der Waals surface area (Å²) in [6.07, 6.45) is 67.2. The van der Waals surface area contributed by atoms with Crippen LogP contribution in [0, 0.1) is 0 Å². The Labute approximate surface area is 373 Å². The van der Waals surface area contributed by atoms with Crippen LogP contribution in [0.15, 0.2) is 134 Å². The van der Waals surface area contributed by atoms with Gasteiger partial charge in [0.15, 0.2) is 6.10 Å². The van der Waals surface area contributed by atoms with Gasteiger partial charge in [-0.05, 0) is 89.9 Å². The van der Waals surface area contributed by atoms with Crippen LogP contribution < -0.4 is 0 Å². The molecule has 0 saturated heterocycles. The van der Waals surface area contributed by atoms with E-state index in [1.807, 2.05) is 72.9 Å². The lowest BCUT2D eigenvalue weighted by Crippen LogP contribution is -2.30. The van der Waals surface area contributed by atoms with Crippen molar-refractivity contribution in [2.45, 2.75) is 181 Å². The predicted octanol–water partition coefficient (Wildman–Crippen LogP) is 15.5. The van der Waals surface area contributed by atoms with Crippen LogP contribution in [0.2, 0.25) is 0 Å². The van der Waals surface area contributed by atoms with Crippen LogP contribution >= 0.6 is 0 Å². The quantitative estimate of drug-likeness (QED) is 0.0201. The maximum absolute atomic E-state index is 12.7. The monoisotopic (exact) mass is 841 g/mol. The third-order valence-electron chi connectivity index (χ3n) is 9.31. The molecule has 0 saturated carbocycles. The summed E-state index contributed by atoms with van der Waals surface area (Å²) in [6.45, 7) is 6.23. The molecule has 0 aromatic carbocycles. The molecular formula is C55H84O6. The summed E-state index contributed by atoms with van der Waals surface area (Å²) in [4.78, 5) is 37.8. The number of hydrogen-bond donors (Lipinski definition) is 0. The van der Waals surface area contributed by atoms with E-state index in [9.17, 15) is 14.4 Å². The first-order valence-corrected chi connectivity index (χ1v) is 23.8. The van der Waals surface area contributed by atoms with Crippen LogP contribution in [0.25, 0.3) is 0 Å². The molecular weight excluding hydrogens is 757 g/mol. The van der Waals surface area contributed by atoms with Gasteiger partial charge in [-0.15, -0.1) is 0 Å². The molecule has 0 bridgehead atoms. The topological polar surface area (TPSA) is 78.9 Å². The zero-order valence-corrected chi connectivity index (χ0v) is 38.6. The first-order chi connectivity index (χ1) is 30.0. The summed E-state index contributed by atoms with van der Waals surface area (Å²) < 4.78 is 16.6. The van der Waals surface area contributed by atoms with Crippen molar-refractivity contribution in [3.8, 4) is 0 Å². The van der Waals surface area contributed by atoms with Gasteiger partial charge in [-0.2, -0.15) is 0 Å². The average Bonchev–Trinajstić information content (AvgIpc) is 3.26. The Morgan fingerprint density at radius 2 is 0.738 bits per heavy atom. The summed E-state index contributed by atoms with van der Waals surface area (Å²) >= 11 is 0. The van der Waals surface area contributed by atoms with E-state index in [4.69, 9.17) is 14.2 Å². The highest BCUT2D eigenvalue weighted by atomic mass is 16.6.